The van der Waals surface area contributed by atoms with E-state index in [1.165, 1.54) is 180 Å². The summed E-state index contributed by atoms with van der Waals surface area (Å²) in [7, 11) is 0. The third kappa shape index (κ3) is 27.2. The van der Waals surface area contributed by atoms with Gasteiger partial charge in [-0.3, -0.25) is 0 Å². The monoisotopic (exact) mass is 953 g/mol. The Morgan fingerprint density at radius 1 is 0.221 bits per heavy atom. The molecule has 2 aromatic carbocycles. The molecule has 0 atom stereocenters. The van der Waals surface area contributed by atoms with Gasteiger partial charge in [0.25, 0.3) is 0 Å². The van der Waals surface area contributed by atoms with Gasteiger partial charge in [0.05, 0.1) is 31.8 Å². The predicted octanol–water partition coefficient (Wildman–Crippen LogP) is 16.3. The Balaban J connectivity index is 1.65. The van der Waals surface area contributed by atoms with Gasteiger partial charge in [0.2, 0.25) is 0 Å². The lowest BCUT2D eigenvalue weighted by molar-refractivity contribution is 0.235. The van der Waals surface area contributed by atoms with Gasteiger partial charge in [-0.05, 0) is 75.6 Å². The minimum atomic E-state index is 0.318. The van der Waals surface area contributed by atoms with Gasteiger partial charge in [0.1, 0.15) is 11.5 Å². The first-order valence-electron chi connectivity index (χ1n) is 29.1. The molecule has 0 fully saturated rings. The number of ether oxygens (including phenoxy) is 4. The molecule has 0 radical (unpaired) electrons. The molecule has 392 valence electrons. The lowest BCUT2D eigenvalue weighted by atomic mass is 10.0. The number of rotatable bonds is 52. The fourth-order valence-corrected chi connectivity index (χ4v) is 9.81. The first-order chi connectivity index (χ1) is 33.8. The molecular weight excluding hydrogens is 849 g/mol. The van der Waals surface area contributed by atoms with Crippen LogP contribution in [0.25, 0.3) is 22.3 Å². The van der Waals surface area contributed by atoms with E-state index in [2.05, 4.69) is 24.3 Å². The summed E-state index contributed by atoms with van der Waals surface area (Å²) in [5, 5.41) is 38.3. The SMILES string of the molecule is OCCCCCCCCCCCCOC1=C(OCCCCCCCCCCCCO)c2ccc(OCCCCCCCCCCCCO)c3c(OCCCCCCCCCCCCO)ccc1c23. The maximum absolute atomic E-state index is 9.04. The molecule has 0 unspecified atom stereocenters. The highest BCUT2D eigenvalue weighted by molar-refractivity contribution is 6.14. The highest BCUT2D eigenvalue weighted by Gasteiger charge is 2.30. The molecule has 0 bridgehead atoms. The molecule has 0 amide bonds. The number of benzene rings is 2. The van der Waals surface area contributed by atoms with E-state index < -0.39 is 0 Å². The summed E-state index contributed by atoms with van der Waals surface area (Å²) in [5.41, 5.74) is 2.19. The van der Waals surface area contributed by atoms with Crippen molar-refractivity contribution in [3.05, 3.63) is 35.4 Å². The average Bonchev–Trinajstić information content (AvgIpc) is 3.65. The van der Waals surface area contributed by atoms with Crippen molar-refractivity contribution in [1.82, 2.24) is 0 Å². The molecule has 2 aromatic rings. The largest absolute Gasteiger partial charge is 0.493 e. The molecule has 8 nitrogen and oxygen atoms in total. The van der Waals surface area contributed by atoms with E-state index in [4.69, 9.17) is 39.4 Å². The molecule has 0 aliphatic heterocycles. The number of aliphatic hydroxyl groups excluding tert-OH is 4. The van der Waals surface area contributed by atoms with E-state index in [-0.39, 0.29) is 0 Å². The summed E-state index contributed by atoms with van der Waals surface area (Å²) in [6, 6.07) is 8.71. The van der Waals surface area contributed by atoms with Crippen LogP contribution in [-0.2, 0) is 9.47 Å². The van der Waals surface area contributed by atoms with Crippen LogP contribution in [0.5, 0.6) is 11.5 Å². The van der Waals surface area contributed by atoms with E-state index in [1.54, 1.807) is 0 Å². The molecule has 0 spiro atoms. The predicted molar refractivity (Wildman–Crippen MR) is 287 cm³/mol. The fourth-order valence-electron chi connectivity index (χ4n) is 9.81. The lowest BCUT2D eigenvalue weighted by Gasteiger charge is -2.16. The van der Waals surface area contributed by atoms with E-state index in [0.717, 1.165) is 122 Å². The maximum Gasteiger partial charge on any atom is 0.169 e. The second kappa shape index (κ2) is 43.3. The van der Waals surface area contributed by atoms with Gasteiger partial charge in [-0.15, -0.1) is 0 Å². The molecule has 0 saturated heterocycles. The molecule has 68 heavy (non-hydrogen) atoms. The van der Waals surface area contributed by atoms with Crippen LogP contribution in [0.2, 0.25) is 0 Å². The molecule has 0 heterocycles. The number of unbranched alkanes of at least 4 members (excludes halogenated alkanes) is 36. The Morgan fingerprint density at radius 3 is 0.662 bits per heavy atom. The van der Waals surface area contributed by atoms with Gasteiger partial charge in [0.15, 0.2) is 11.5 Å². The van der Waals surface area contributed by atoms with Crippen LogP contribution in [0.1, 0.15) is 268 Å². The van der Waals surface area contributed by atoms with E-state index in [9.17, 15) is 0 Å². The minimum absolute atomic E-state index is 0.318. The van der Waals surface area contributed by atoms with Crippen LogP contribution < -0.4 is 9.47 Å². The summed E-state index contributed by atoms with van der Waals surface area (Å²) in [6.45, 7) is 4.00. The van der Waals surface area contributed by atoms with Gasteiger partial charge >= 0.3 is 0 Å². The van der Waals surface area contributed by atoms with Crippen LogP contribution in [0, 0.1) is 0 Å². The Hall–Kier alpha value is -2.52. The van der Waals surface area contributed by atoms with Crippen molar-refractivity contribution in [3.8, 4) is 11.5 Å². The zero-order chi connectivity index (χ0) is 48.2. The van der Waals surface area contributed by atoms with E-state index >= 15 is 0 Å². The molecule has 8 heteroatoms. The maximum atomic E-state index is 9.04. The molecule has 0 aromatic heterocycles. The van der Waals surface area contributed by atoms with Crippen molar-refractivity contribution in [2.24, 2.45) is 0 Å². The Kier molecular flexibility index (Phi) is 38.1. The smallest absolute Gasteiger partial charge is 0.169 e. The van der Waals surface area contributed by atoms with Gasteiger partial charge < -0.3 is 39.4 Å². The van der Waals surface area contributed by atoms with Crippen LogP contribution in [-0.4, -0.2) is 73.3 Å². The molecule has 1 aliphatic rings. The third-order valence-electron chi connectivity index (χ3n) is 14.0. The van der Waals surface area contributed by atoms with Crippen molar-refractivity contribution < 1.29 is 39.4 Å². The zero-order valence-corrected chi connectivity index (χ0v) is 43.7. The van der Waals surface area contributed by atoms with Crippen molar-refractivity contribution >= 4 is 22.3 Å². The Bertz CT molecular complexity index is 1390. The number of aliphatic hydroxyl groups is 4. The highest BCUT2D eigenvalue weighted by Crippen LogP contribution is 2.49. The normalized spacial score (nSPS) is 12.2. The standard InChI is InChI=1S/C60H104O8/c61-45-33-25-17-9-1-5-13-21-29-37-49-65-55-43-41-53-57-54(42-44-56(58(55)57)66-50-38-30-22-14-6-2-10-18-26-34-46-62)60(68-52-40-32-24-16-8-4-12-20-28-36-48-64)59(53)67-51-39-31-23-15-7-3-11-19-27-35-47-63/h41-44,61-64H,1-40,45-52H2. The van der Waals surface area contributed by atoms with E-state index in [1.807, 2.05) is 0 Å². The molecular formula is C60H104O8. The molecule has 4 N–H and O–H groups in total. The van der Waals surface area contributed by atoms with Crippen molar-refractivity contribution in [3.63, 3.8) is 0 Å². The summed E-state index contributed by atoms with van der Waals surface area (Å²) >= 11 is 0. The summed E-state index contributed by atoms with van der Waals surface area (Å²) in [6.07, 6.45) is 47.6. The van der Waals surface area contributed by atoms with Crippen molar-refractivity contribution in [2.75, 3.05) is 52.9 Å². The van der Waals surface area contributed by atoms with Crippen LogP contribution in [0.4, 0.5) is 0 Å². The van der Waals surface area contributed by atoms with Crippen LogP contribution in [0.3, 0.4) is 0 Å². The second-order valence-electron chi connectivity index (χ2n) is 20.1. The Morgan fingerprint density at radius 2 is 0.426 bits per heavy atom. The first-order valence-corrected chi connectivity index (χ1v) is 29.1. The van der Waals surface area contributed by atoms with Gasteiger partial charge in [-0.2, -0.15) is 0 Å². The first kappa shape index (κ1) is 59.8. The molecule has 3 rings (SSSR count). The second-order valence-corrected chi connectivity index (χ2v) is 20.1. The highest BCUT2D eigenvalue weighted by atomic mass is 16.5. The number of hydrogen-bond donors (Lipinski definition) is 4. The zero-order valence-electron chi connectivity index (χ0n) is 43.7. The van der Waals surface area contributed by atoms with Gasteiger partial charge in [-0.1, -0.05) is 205 Å². The van der Waals surface area contributed by atoms with Gasteiger partial charge in [0, 0.05) is 42.9 Å². The van der Waals surface area contributed by atoms with Gasteiger partial charge in [-0.25, -0.2) is 0 Å². The van der Waals surface area contributed by atoms with Crippen molar-refractivity contribution in [1.29, 1.82) is 0 Å². The Labute approximate surface area is 416 Å². The average molecular weight is 953 g/mol. The van der Waals surface area contributed by atoms with Crippen LogP contribution >= 0.6 is 0 Å². The minimum Gasteiger partial charge on any atom is -0.493 e. The summed E-state index contributed by atoms with van der Waals surface area (Å²) < 4.78 is 26.9. The van der Waals surface area contributed by atoms with Crippen molar-refractivity contribution in [2.45, 2.75) is 257 Å². The third-order valence-corrected chi connectivity index (χ3v) is 14.0. The topological polar surface area (TPSA) is 118 Å². The van der Waals surface area contributed by atoms with E-state index in [0.29, 0.717) is 52.9 Å². The summed E-state index contributed by atoms with van der Waals surface area (Å²) in [4.78, 5) is 0. The number of hydrogen-bond acceptors (Lipinski definition) is 8. The lowest BCUT2D eigenvalue weighted by Crippen LogP contribution is -2.02. The van der Waals surface area contributed by atoms with Crippen LogP contribution in [0.15, 0.2) is 24.3 Å². The quantitative estimate of drug-likeness (QED) is 0.0485. The fraction of sp³-hybridized carbons (Fsp3) is 0.800. The summed E-state index contributed by atoms with van der Waals surface area (Å²) in [5.74, 6) is 3.54. The molecule has 1 aliphatic carbocycles. The molecule has 0 saturated carbocycles.